The first-order valence-electron chi connectivity index (χ1n) is 5.39. The van der Waals surface area contributed by atoms with Gasteiger partial charge in [-0.3, -0.25) is 0 Å². The van der Waals surface area contributed by atoms with Crippen molar-refractivity contribution >= 4 is 0 Å². The average molecular weight is 198 g/mol. The number of allylic oxidation sites excluding steroid dienone is 1. The number of fused-ring (bicyclic) bond motifs is 2. The monoisotopic (exact) mass is 198 g/mol. The standard InChI is InChI=1S/C12H19FO/c1-9(2)11-4-6-12(8-11,7-5-11)10(3,13)14/h14H,1,4-8H2,2-3H3. The molecule has 2 aliphatic carbocycles. The van der Waals surface area contributed by atoms with E-state index in [1.807, 2.05) is 6.92 Å². The fourth-order valence-electron chi connectivity index (χ4n) is 3.40. The zero-order chi connectivity index (χ0) is 10.6. The summed E-state index contributed by atoms with van der Waals surface area (Å²) in [5.41, 5.74) is 0.823. The van der Waals surface area contributed by atoms with Crippen molar-refractivity contribution < 1.29 is 9.50 Å². The summed E-state index contributed by atoms with van der Waals surface area (Å²) in [6.07, 6.45) is 4.41. The highest BCUT2D eigenvalue weighted by Crippen LogP contribution is 2.67. The Kier molecular flexibility index (Phi) is 1.89. The van der Waals surface area contributed by atoms with Crippen LogP contribution < -0.4 is 0 Å². The van der Waals surface area contributed by atoms with Crippen molar-refractivity contribution in [2.24, 2.45) is 10.8 Å². The van der Waals surface area contributed by atoms with Crippen LogP contribution in [0.5, 0.6) is 0 Å². The second-order valence-electron chi connectivity index (χ2n) is 5.47. The van der Waals surface area contributed by atoms with Crippen molar-refractivity contribution in [3.05, 3.63) is 12.2 Å². The van der Waals surface area contributed by atoms with Crippen LogP contribution in [0.4, 0.5) is 4.39 Å². The van der Waals surface area contributed by atoms with Crippen LogP contribution in [0.2, 0.25) is 0 Å². The van der Waals surface area contributed by atoms with Gasteiger partial charge in [0.1, 0.15) is 0 Å². The molecule has 0 saturated heterocycles. The van der Waals surface area contributed by atoms with Gasteiger partial charge < -0.3 is 5.11 Å². The van der Waals surface area contributed by atoms with Crippen molar-refractivity contribution in [3.8, 4) is 0 Å². The Balaban J connectivity index is 2.29. The predicted molar refractivity (Wildman–Crippen MR) is 54.5 cm³/mol. The van der Waals surface area contributed by atoms with Crippen molar-refractivity contribution in [1.82, 2.24) is 0 Å². The van der Waals surface area contributed by atoms with Crippen LogP contribution in [0.3, 0.4) is 0 Å². The van der Waals surface area contributed by atoms with Crippen LogP contribution in [0.15, 0.2) is 12.2 Å². The fourth-order valence-corrected chi connectivity index (χ4v) is 3.40. The summed E-state index contributed by atoms with van der Waals surface area (Å²) < 4.78 is 13.7. The van der Waals surface area contributed by atoms with Crippen molar-refractivity contribution in [3.63, 3.8) is 0 Å². The first-order valence-corrected chi connectivity index (χ1v) is 5.39. The zero-order valence-corrected chi connectivity index (χ0v) is 9.07. The molecule has 2 bridgehead atoms. The number of alkyl halides is 1. The van der Waals surface area contributed by atoms with E-state index in [0.29, 0.717) is 0 Å². The van der Waals surface area contributed by atoms with Crippen LogP contribution in [-0.2, 0) is 0 Å². The Hall–Kier alpha value is -0.370. The topological polar surface area (TPSA) is 20.2 Å². The normalized spacial score (nSPS) is 45.1. The van der Waals surface area contributed by atoms with Gasteiger partial charge >= 0.3 is 0 Å². The molecule has 0 heterocycles. The number of rotatable bonds is 2. The van der Waals surface area contributed by atoms with Crippen LogP contribution in [0.25, 0.3) is 0 Å². The molecule has 0 amide bonds. The number of hydrogen-bond donors (Lipinski definition) is 1. The minimum atomic E-state index is -2.01. The largest absolute Gasteiger partial charge is 0.361 e. The highest BCUT2D eigenvalue weighted by molar-refractivity contribution is 5.20. The van der Waals surface area contributed by atoms with Crippen molar-refractivity contribution in [2.75, 3.05) is 0 Å². The van der Waals surface area contributed by atoms with E-state index in [4.69, 9.17) is 0 Å². The number of aliphatic hydroxyl groups is 1. The maximum atomic E-state index is 13.7. The molecule has 80 valence electrons. The molecule has 0 aromatic carbocycles. The van der Waals surface area contributed by atoms with Crippen molar-refractivity contribution in [2.45, 2.75) is 51.8 Å². The van der Waals surface area contributed by atoms with Crippen LogP contribution >= 0.6 is 0 Å². The SMILES string of the molecule is C=C(C)C12CCC(C(C)(O)F)(CC1)C2. The molecule has 0 radical (unpaired) electrons. The molecule has 0 aliphatic heterocycles. The molecule has 0 spiro atoms. The average Bonchev–Trinajstić information content (AvgIpc) is 2.59. The Morgan fingerprint density at radius 2 is 1.86 bits per heavy atom. The summed E-state index contributed by atoms with van der Waals surface area (Å²) in [6.45, 7) is 7.36. The second-order valence-corrected chi connectivity index (χ2v) is 5.47. The van der Waals surface area contributed by atoms with Gasteiger partial charge in [0.2, 0.25) is 5.85 Å². The third kappa shape index (κ3) is 1.10. The lowest BCUT2D eigenvalue weighted by molar-refractivity contribution is -0.168. The molecule has 2 heteroatoms. The van der Waals surface area contributed by atoms with E-state index in [-0.39, 0.29) is 5.41 Å². The summed E-state index contributed by atoms with van der Waals surface area (Å²) in [7, 11) is 0. The fraction of sp³-hybridized carbons (Fsp3) is 0.833. The van der Waals surface area contributed by atoms with Crippen LogP contribution in [0, 0.1) is 10.8 Å². The summed E-state index contributed by atoms with van der Waals surface area (Å²) >= 11 is 0. The van der Waals surface area contributed by atoms with Gasteiger partial charge in [-0.2, -0.15) is 0 Å². The Morgan fingerprint density at radius 1 is 1.36 bits per heavy atom. The molecule has 0 aromatic heterocycles. The highest BCUT2D eigenvalue weighted by atomic mass is 19.2. The highest BCUT2D eigenvalue weighted by Gasteiger charge is 2.62. The molecule has 2 aliphatic rings. The van der Waals surface area contributed by atoms with Gasteiger partial charge in [-0.15, -0.1) is 0 Å². The second kappa shape index (κ2) is 2.60. The quantitative estimate of drug-likeness (QED) is 0.676. The van der Waals surface area contributed by atoms with Gasteiger partial charge in [0, 0.05) is 5.41 Å². The molecule has 1 atom stereocenters. The minimum Gasteiger partial charge on any atom is -0.361 e. The maximum absolute atomic E-state index is 13.7. The molecular formula is C12H19FO. The molecule has 1 nitrogen and oxygen atoms in total. The third-order valence-corrected chi connectivity index (χ3v) is 4.71. The first-order chi connectivity index (χ1) is 6.31. The molecule has 1 unspecified atom stereocenters. The van der Waals surface area contributed by atoms with E-state index < -0.39 is 11.3 Å². The molecule has 2 rings (SSSR count). The van der Waals surface area contributed by atoms with E-state index in [1.54, 1.807) is 0 Å². The van der Waals surface area contributed by atoms with Gasteiger partial charge in [0.05, 0.1) is 0 Å². The van der Waals surface area contributed by atoms with E-state index >= 15 is 0 Å². The molecule has 1 N–H and O–H groups in total. The van der Waals surface area contributed by atoms with Gasteiger partial charge in [0.15, 0.2) is 0 Å². The Morgan fingerprint density at radius 3 is 2.07 bits per heavy atom. The Bertz CT molecular complexity index is 267. The number of halogens is 1. The predicted octanol–water partition coefficient (Wildman–Crippen LogP) is 3.19. The molecular weight excluding hydrogens is 179 g/mol. The lowest BCUT2D eigenvalue weighted by atomic mass is 9.77. The summed E-state index contributed by atoms with van der Waals surface area (Å²) in [5, 5.41) is 9.59. The Labute approximate surface area is 85.0 Å². The van der Waals surface area contributed by atoms with Crippen molar-refractivity contribution in [1.29, 1.82) is 0 Å². The maximum Gasteiger partial charge on any atom is 0.209 e. The summed E-state index contributed by atoms with van der Waals surface area (Å²) in [6, 6.07) is 0. The lowest BCUT2D eigenvalue weighted by Crippen LogP contribution is -2.38. The zero-order valence-electron chi connectivity index (χ0n) is 9.07. The van der Waals surface area contributed by atoms with Gasteiger partial charge in [-0.05, 0) is 51.4 Å². The minimum absolute atomic E-state index is 0.135. The van der Waals surface area contributed by atoms with E-state index in [0.717, 1.165) is 32.1 Å². The first kappa shape index (κ1) is 10.2. The van der Waals surface area contributed by atoms with E-state index in [9.17, 15) is 9.50 Å². The molecule has 14 heavy (non-hydrogen) atoms. The van der Waals surface area contributed by atoms with Gasteiger partial charge in [-0.25, -0.2) is 4.39 Å². The van der Waals surface area contributed by atoms with E-state index in [1.165, 1.54) is 12.5 Å². The van der Waals surface area contributed by atoms with Crippen LogP contribution in [-0.4, -0.2) is 11.0 Å². The molecule has 2 fully saturated rings. The summed E-state index contributed by atoms with van der Waals surface area (Å²) in [5.74, 6) is -2.01. The van der Waals surface area contributed by atoms with E-state index in [2.05, 4.69) is 6.58 Å². The van der Waals surface area contributed by atoms with Crippen LogP contribution in [0.1, 0.15) is 46.0 Å². The lowest BCUT2D eigenvalue weighted by Gasteiger charge is -2.34. The third-order valence-electron chi connectivity index (χ3n) is 4.71. The van der Waals surface area contributed by atoms with Gasteiger partial charge in [0.25, 0.3) is 0 Å². The summed E-state index contributed by atoms with van der Waals surface area (Å²) in [4.78, 5) is 0. The molecule has 2 saturated carbocycles. The molecule has 0 aromatic rings. The smallest absolute Gasteiger partial charge is 0.209 e. The van der Waals surface area contributed by atoms with Gasteiger partial charge in [-0.1, -0.05) is 12.2 Å². The number of hydrogen-bond acceptors (Lipinski definition) is 1.